The molecule has 0 bridgehead atoms. The highest BCUT2D eigenvalue weighted by Gasteiger charge is 2.42. The van der Waals surface area contributed by atoms with E-state index in [2.05, 4.69) is 109 Å². The van der Waals surface area contributed by atoms with Gasteiger partial charge in [0.15, 0.2) is 0 Å². The predicted octanol–water partition coefficient (Wildman–Crippen LogP) is 10.6. The Balaban J connectivity index is 1.47. The van der Waals surface area contributed by atoms with Gasteiger partial charge in [-0.1, -0.05) is 94.8 Å². The highest BCUT2D eigenvalue weighted by atomic mass is 15.2. The molecule has 0 amide bonds. The van der Waals surface area contributed by atoms with E-state index in [1.54, 1.807) is 11.1 Å². The van der Waals surface area contributed by atoms with Crippen molar-refractivity contribution in [2.45, 2.75) is 107 Å². The van der Waals surface area contributed by atoms with E-state index < -0.39 is 0 Å². The van der Waals surface area contributed by atoms with Crippen LogP contribution in [0.4, 0.5) is 0 Å². The summed E-state index contributed by atoms with van der Waals surface area (Å²) >= 11 is 0. The standard InChI is InChI=1S/C38H57N/c1-10-11-31(25-39-26-37(8,27-39)23-30-18-20-38(9,21-19-30)28(2)3)22-34(32-16-17-32)35(24-36(5,6)7)33-14-12-29(4)13-15-33/h10-15,22,30,32H,2,16-21,23-27H2,1,3-9H3/b11-10+,31-22+,35-34-. The number of rotatable bonds is 10. The van der Waals surface area contributed by atoms with E-state index in [9.17, 15) is 0 Å². The second-order valence-electron chi connectivity index (χ2n) is 15.5. The van der Waals surface area contributed by atoms with Crippen LogP contribution in [-0.4, -0.2) is 24.5 Å². The molecule has 0 atom stereocenters. The fourth-order valence-electron chi connectivity index (χ4n) is 7.24. The molecule has 1 heteroatoms. The topological polar surface area (TPSA) is 3.24 Å². The third-order valence-corrected chi connectivity index (χ3v) is 9.83. The first-order chi connectivity index (χ1) is 18.3. The summed E-state index contributed by atoms with van der Waals surface area (Å²) in [6, 6.07) is 9.27. The number of hydrogen-bond donors (Lipinski definition) is 0. The van der Waals surface area contributed by atoms with E-state index in [4.69, 9.17) is 0 Å². The Labute approximate surface area is 241 Å². The van der Waals surface area contributed by atoms with Gasteiger partial charge in [0.05, 0.1) is 0 Å². The van der Waals surface area contributed by atoms with Crippen molar-refractivity contribution in [2.24, 2.45) is 28.1 Å². The van der Waals surface area contributed by atoms with Crippen LogP contribution < -0.4 is 0 Å². The lowest BCUT2D eigenvalue weighted by atomic mass is 9.64. The normalized spacial score (nSPS) is 26.9. The number of benzene rings is 1. The molecule has 2 aliphatic carbocycles. The molecule has 3 fully saturated rings. The highest BCUT2D eigenvalue weighted by molar-refractivity contribution is 5.73. The maximum Gasteiger partial charge on any atom is 0.0234 e. The van der Waals surface area contributed by atoms with Gasteiger partial charge in [-0.2, -0.15) is 0 Å². The summed E-state index contributed by atoms with van der Waals surface area (Å²) in [7, 11) is 0. The van der Waals surface area contributed by atoms with Crippen LogP contribution in [-0.2, 0) is 0 Å². The quantitative estimate of drug-likeness (QED) is 0.216. The molecule has 1 aromatic rings. The third-order valence-electron chi connectivity index (χ3n) is 9.83. The van der Waals surface area contributed by atoms with Gasteiger partial charge in [0.25, 0.3) is 0 Å². The molecule has 1 saturated heterocycles. The van der Waals surface area contributed by atoms with Crippen LogP contribution in [0.2, 0.25) is 0 Å². The lowest BCUT2D eigenvalue weighted by Crippen LogP contribution is -2.55. The first-order valence-electron chi connectivity index (χ1n) is 15.8. The molecule has 39 heavy (non-hydrogen) atoms. The lowest BCUT2D eigenvalue weighted by molar-refractivity contribution is -0.00449. The molecule has 1 heterocycles. The molecule has 214 valence electrons. The molecule has 0 spiro atoms. The van der Waals surface area contributed by atoms with Crippen molar-refractivity contribution in [1.29, 1.82) is 0 Å². The minimum Gasteiger partial charge on any atom is -0.298 e. The summed E-state index contributed by atoms with van der Waals surface area (Å²) in [6.07, 6.45) is 17.8. The maximum absolute atomic E-state index is 4.29. The van der Waals surface area contributed by atoms with Gasteiger partial charge in [0, 0.05) is 19.6 Å². The summed E-state index contributed by atoms with van der Waals surface area (Å²) < 4.78 is 0. The van der Waals surface area contributed by atoms with Crippen molar-refractivity contribution >= 4 is 5.57 Å². The van der Waals surface area contributed by atoms with Gasteiger partial charge in [0.2, 0.25) is 0 Å². The van der Waals surface area contributed by atoms with E-state index in [1.807, 2.05) is 0 Å². The van der Waals surface area contributed by atoms with E-state index in [0.29, 0.717) is 10.8 Å². The van der Waals surface area contributed by atoms with Crippen molar-refractivity contribution in [1.82, 2.24) is 4.90 Å². The molecule has 4 rings (SSSR count). The van der Waals surface area contributed by atoms with Crippen molar-refractivity contribution in [3.63, 3.8) is 0 Å². The number of likely N-dealkylation sites (tertiary alicyclic amines) is 1. The number of hydrogen-bond acceptors (Lipinski definition) is 1. The summed E-state index contributed by atoms with van der Waals surface area (Å²) in [5, 5.41) is 0. The summed E-state index contributed by atoms with van der Waals surface area (Å²) in [6.45, 7) is 26.6. The van der Waals surface area contributed by atoms with Crippen molar-refractivity contribution in [2.75, 3.05) is 19.6 Å². The van der Waals surface area contributed by atoms with Gasteiger partial charge >= 0.3 is 0 Å². The molecule has 2 saturated carbocycles. The number of aryl methyl sites for hydroxylation is 1. The van der Waals surface area contributed by atoms with Crippen molar-refractivity contribution in [3.05, 3.63) is 76.9 Å². The van der Waals surface area contributed by atoms with Gasteiger partial charge in [-0.05, 0) is 123 Å². The predicted molar refractivity (Wildman–Crippen MR) is 172 cm³/mol. The average Bonchev–Trinajstić information content (AvgIpc) is 3.67. The Hall–Kier alpha value is -1.86. The van der Waals surface area contributed by atoms with E-state index in [0.717, 1.165) is 24.8 Å². The zero-order valence-electron chi connectivity index (χ0n) is 26.6. The summed E-state index contributed by atoms with van der Waals surface area (Å²) in [4.78, 5) is 2.70. The SMILES string of the molecule is C=C(C)C1(C)CCC(CC2(C)CN(CC(/C=C/C)=C/C(=C(\CC(C)(C)C)c3ccc(C)cc3)C3CC3)C2)CC1. The lowest BCUT2D eigenvalue weighted by Gasteiger charge is -2.51. The molecule has 0 unspecified atom stereocenters. The Morgan fingerprint density at radius 1 is 1.03 bits per heavy atom. The van der Waals surface area contributed by atoms with E-state index in [1.165, 1.54) is 80.3 Å². The zero-order chi connectivity index (χ0) is 28.4. The van der Waals surface area contributed by atoms with Gasteiger partial charge < -0.3 is 0 Å². The van der Waals surface area contributed by atoms with Crippen LogP contribution in [0.1, 0.15) is 111 Å². The van der Waals surface area contributed by atoms with Crippen LogP contribution in [0.15, 0.2) is 65.8 Å². The van der Waals surface area contributed by atoms with Gasteiger partial charge in [0.1, 0.15) is 0 Å². The van der Waals surface area contributed by atoms with Crippen molar-refractivity contribution in [3.8, 4) is 0 Å². The zero-order valence-corrected chi connectivity index (χ0v) is 26.6. The Kier molecular flexibility index (Phi) is 9.22. The molecule has 1 aliphatic heterocycles. The first-order valence-corrected chi connectivity index (χ1v) is 15.8. The van der Waals surface area contributed by atoms with Crippen LogP contribution in [0.5, 0.6) is 0 Å². The Morgan fingerprint density at radius 3 is 2.15 bits per heavy atom. The first kappa shape index (κ1) is 30.1. The number of nitrogens with zero attached hydrogens (tertiary/aromatic N) is 1. The molecule has 0 N–H and O–H groups in total. The Morgan fingerprint density at radius 2 is 1.64 bits per heavy atom. The molecular weight excluding hydrogens is 470 g/mol. The third kappa shape index (κ3) is 8.09. The van der Waals surface area contributed by atoms with Crippen LogP contribution >= 0.6 is 0 Å². The van der Waals surface area contributed by atoms with Crippen LogP contribution in [0, 0.1) is 35.0 Å². The monoisotopic (exact) mass is 527 g/mol. The second kappa shape index (κ2) is 11.9. The molecule has 3 aliphatic rings. The van der Waals surface area contributed by atoms with Gasteiger partial charge in [-0.3, -0.25) is 4.90 Å². The summed E-state index contributed by atoms with van der Waals surface area (Å²) in [5.41, 5.74) is 9.92. The van der Waals surface area contributed by atoms with Crippen LogP contribution in [0.3, 0.4) is 0 Å². The van der Waals surface area contributed by atoms with E-state index in [-0.39, 0.29) is 5.41 Å². The van der Waals surface area contributed by atoms with Crippen LogP contribution in [0.25, 0.3) is 5.57 Å². The van der Waals surface area contributed by atoms with Gasteiger partial charge in [-0.15, -0.1) is 0 Å². The maximum atomic E-state index is 4.29. The van der Waals surface area contributed by atoms with Crippen molar-refractivity contribution < 1.29 is 0 Å². The molecule has 0 radical (unpaired) electrons. The van der Waals surface area contributed by atoms with E-state index >= 15 is 0 Å². The Bertz CT molecular complexity index is 1080. The molecule has 0 aromatic heterocycles. The molecular formula is C38H57N. The average molecular weight is 528 g/mol. The number of allylic oxidation sites excluding steroid dienone is 5. The minimum atomic E-state index is 0.259. The molecule has 1 aromatic carbocycles. The fourth-order valence-corrected chi connectivity index (χ4v) is 7.24. The second-order valence-corrected chi connectivity index (χ2v) is 15.5. The molecule has 1 nitrogen and oxygen atoms in total. The minimum absolute atomic E-state index is 0.259. The summed E-state index contributed by atoms with van der Waals surface area (Å²) in [5.74, 6) is 1.62. The highest BCUT2D eigenvalue weighted by Crippen LogP contribution is 2.48. The van der Waals surface area contributed by atoms with Gasteiger partial charge in [-0.25, -0.2) is 0 Å². The fraction of sp³-hybridized carbons (Fsp3) is 0.632. The smallest absolute Gasteiger partial charge is 0.0234 e. The largest absolute Gasteiger partial charge is 0.298 e.